The Kier molecular flexibility index (Phi) is 7.37. The zero-order valence-corrected chi connectivity index (χ0v) is 35.0. The molecule has 0 amide bonds. The zero-order valence-electron chi connectivity index (χ0n) is 32.5. The molecule has 3 heterocycles. The minimum absolute atomic E-state index is 0.591. The van der Waals surface area contributed by atoms with Gasteiger partial charge in [0.15, 0.2) is 0 Å². The Morgan fingerprint density at radius 1 is 0.233 bits per heavy atom. The molecule has 0 fully saturated rings. The van der Waals surface area contributed by atoms with E-state index in [1.54, 1.807) is 0 Å². The fraction of sp³-hybridized carbons (Fsp3) is 0.0526. The first-order valence-corrected chi connectivity index (χ1v) is 23.3. The van der Waals surface area contributed by atoms with Gasteiger partial charge in [0, 0.05) is 31.3 Å². The number of fused-ring (bicyclic) bond motifs is 12. The molecule has 0 saturated carbocycles. The van der Waals surface area contributed by atoms with Crippen LogP contribution in [0.1, 0.15) is 66.8 Å². The molecule has 7 aromatic carbocycles. The first-order valence-electron chi connectivity index (χ1n) is 20.6. The molecule has 282 valence electrons. The van der Waals surface area contributed by atoms with E-state index in [0.717, 1.165) is 0 Å². The third-order valence-electron chi connectivity index (χ3n) is 13.8. The summed E-state index contributed by atoms with van der Waals surface area (Å²) in [7, 11) is 0. The van der Waals surface area contributed by atoms with Crippen molar-refractivity contribution in [1.29, 1.82) is 0 Å². The van der Waals surface area contributed by atoms with E-state index in [1.165, 1.54) is 98.1 Å². The Morgan fingerprint density at radius 2 is 0.433 bits per heavy atom. The monoisotopic (exact) mass is 816 g/mol. The summed E-state index contributed by atoms with van der Waals surface area (Å²) < 4.78 is 0. The predicted molar refractivity (Wildman–Crippen MR) is 252 cm³/mol. The smallest absolute Gasteiger partial charge is 0.0728 e. The zero-order chi connectivity index (χ0) is 39.5. The molecule has 3 heteroatoms. The van der Waals surface area contributed by atoms with Gasteiger partial charge in [-0.25, -0.2) is 0 Å². The lowest BCUT2D eigenvalue weighted by molar-refractivity contribution is 0.741. The number of hydrogen-bond donors (Lipinski definition) is 0. The van der Waals surface area contributed by atoms with Crippen molar-refractivity contribution in [1.82, 2.24) is 0 Å². The van der Waals surface area contributed by atoms with Crippen LogP contribution < -0.4 is 0 Å². The summed E-state index contributed by atoms with van der Waals surface area (Å²) in [6.45, 7) is 0. The van der Waals surface area contributed by atoms with Gasteiger partial charge in [-0.1, -0.05) is 182 Å². The predicted octanol–water partition coefficient (Wildman–Crippen LogP) is 15.0. The Morgan fingerprint density at radius 3 is 0.633 bits per heavy atom. The summed E-state index contributed by atoms with van der Waals surface area (Å²) >= 11 is 5.74. The number of rotatable bonds is 6. The van der Waals surface area contributed by atoms with Crippen LogP contribution in [0.5, 0.6) is 0 Å². The van der Waals surface area contributed by atoms with Gasteiger partial charge in [-0.3, -0.25) is 0 Å². The molecule has 0 bridgehead atoms. The highest BCUT2D eigenvalue weighted by molar-refractivity contribution is 7.15. The molecule has 3 aromatic heterocycles. The van der Waals surface area contributed by atoms with Gasteiger partial charge in [0.25, 0.3) is 0 Å². The van der Waals surface area contributed by atoms with Crippen LogP contribution in [0.4, 0.5) is 0 Å². The molecular weight excluding hydrogens is 781 g/mol. The van der Waals surface area contributed by atoms with Crippen molar-refractivity contribution in [3.63, 3.8) is 0 Å². The van der Waals surface area contributed by atoms with Crippen LogP contribution in [0.3, 0.4) is 0 Å². The van der Waals surface area contributed by atoms with Gasteiger partial charge in [-0.05, 0) is 101 Å². The summed E-state index contributed by atoms with van der Waals surface area (Å²) in [6, 6.07) is 75.8. The van der Waals surface area contributed by atoms with Gasteiger partial charge in [-0.2, -0.15) is 0 Å². The van der Waals surface area contributed by atoms with Gasteiger partial charge in [0.05, 0.1) is 16.2 Å². The molecule has 0 atom stereocenters. The molecule has 3 aliphatic carbocycles. The van der Waals surface area contributed by atoms with Gasteiger partial charge < -0.3 is 0 Å². The topological polar surface area (TPSA) is 0 Å². The van der Waals surface area contributed by atoms with Crippen LogP contribution in [0.15, 0.2) is 216 Å². The Labute approximate surface area is 362 Å². The van der Waals surface area contributed by atoms with E-state index in [1.807, 2.05) is 34.0 Å². The maximum atomic E-state index is 2.45. The second kappa shape index (κ2) is 12.8. The van der Waals surface area contributed by atoms with Gasteiger partial charge >= 0.3 is 0 Å². The highest BCUT2D eigenvalue weighted by Crippen LogP contribution is 2.74. The molecule has 0 aliphatic heterocycles. The van der Waals surface area contributed by atoms with E-state index in [9.17, 15) is 0 Å². The molecule has 0 N–H and O–H groups in total. The van der Waals surface area contributed by atoms with E-state index >= 15 is 0 Å². The van der Waals surface area contributed by atoms with Crippen LogP contribution in [0.2, 0.25) is 0 Å². The second-order valence-corrected chi connectivity index (χ2v) is 18.9. The van der Waals surface area contributed by atoms with Crippen molar-refractivity contribution >= 4 is 34.0 Å². The third kappa shape index (κ3) is 4.10. The maximum Gasteiger partial charge on any atom is 0.0728 e. The van der Waals surface area contributed by atoms with E-state index < -0.39 is 16.2 Å². The maximum absolute atomic E-state index is 2.45. The number of thiophene rings is 3. The van der Waals surface area contributed by atoms with Crippen LogP contribution in [-0.4, -0.2) is 0 Å². The van der Waals surface area contributed by atoms with Crippen molar-refractivity contribution in [2.75, 3.05) is 0 Å². The van der Waals surface area contributed by atoms with Crippen LogP contribution >= 0.6 is 34.0 Å². The van der Waals surface area contributed by atoms with Crippen LogP contribution in [0, 0.1) is 0 Å². The molecular formula is C57H36S3. The fourth-order valence-corrected chi connectivity index (χ4v) is 14.8. The molecule has 60 heavy (non-hydrogen) atoms. The highest BCUT2D eigenvalue weighted by Gasteiger charge is 2.61. The molecule has 3 aliphatic rings. The molecule has 0 radical (unpaired) electrons. The lowest BCUT2D eigenvalue weighted by Crippen LogP contribution is -2.33. The largest absolute Gasteiger partial charge is 0.143 e. The second-order valence-electron chi connectivity index (χ2n) is 16.2. The first-order chi connectivity index (χ1) is 29.8. The lowest BCUT2D eigenvalue weighted by atomic mass is 9.61. The fourth-order valence-electron chi connectivity index (χ4n) is 11.8. The van der Waals surface area contributed by atoms with Crippen molar-refractivity contribution in [2.24, 2.45) is 0 Å². The first kappa shape index (κ1) is 34.5. The number of benzene rings is 7. The molecule has 0 nitrogen and oxygen atoms in total. The highest BCUT2D eigenvalue weighted by atomic mass is 32.1. The minimum atomic E-state index is -0.591. The van der Waals surface area contributed by atoms with Crippen molar-refractivity contribution < 1.29 is 0 Å². The normalized spacial score (nSPS) is 15.4. The Balaban J connectivity index is 1.36. The lowest BCUT2D eigenvalue weighted by Gasteiger charge is -2.40. The van der Waals surface area contributed by atoms with Crippen LogP contribution in [-0.2, 0) is 16.2 Å². The quantitative estimate of drug-likeness (QED) is 0.157. The van der Waals surface area contributed by atoms with Crippen LogP contribution in [0.25, 0.3) is 31.3 Å². The van der Waals surface area contributed by atoms with E-state index in [4.69, 9.17) is 0 Å². The average Bonchev–Trinajstić information content (AvgIpc) is 4.19. The third-order valence-corrected chi connectivity index (χ3v) is 16.6. The summed E-state index contributed by atoms with van der Waals surface area (Å²) in [6.07, 6.45) is 0. The summed E-state index contributed by atoms with van der Waals surface area (Å²) in [4.78, 5) is 4.12. The summed E-state index contributed by atoms with van der Waals surface area (Å²) in [5.74, 6) is 0. The number of hydrogen-bond acceptors (Lipinski definition) is 3. The molecule has 0 unspecified atom stereocenters. The Hall–Kier alpha value is -6.36. The summed E-state index contributed by atoms with van der Waals surface area (Å²) in [5.41, 5.74) is 18.6. The van der Waals surface area contributed by atoms with Crippen molar-refractivity contribution in [3.05, 3.63) is 283 Å². The average molecular weight is 817 g/mol. The SMILES string of the molecule is c1ccc(C2(c3ccccc3)c3ccsc3-c3c2c2c(c4c3C(c3ccccc3)(c3ccccc3)c3ccsc3-4)C(c3ccccc3)(c3ccccc3)c3ccsc3-2)cc1. The van der Waals surface area contributed by atoms with Gasteiger partial charge in [0.1, 0.15) is 0 Å². The van der Waals surface area contributed by atoms with Crippen molar-refractivity contribution in [3.8, 4) is 31.3 Å². The van der Waals surface area contributed by atoms with Gasteiger partial charge in [-0.15, -0.1) is 34.0 Å². The van der Waals surface area contributed by atoms with E-state index in [-0.39, 0.29) is 0 Å². The summed E-state index contributed by atoms with van der Waals surface area (Å²) in [5, 5.41) is 7.04. The Bertz CT molecular complexity index is 2740. The molecule has 0 saturated heterocycles. The molecule has 13 rings (SSSR count). The van der Waals surface area contributed by atoms with E-state index in [2.05, 4.69) is 216 Å². The molecule has 10 aromatic rings. The molecule has 0 spiro atoms. The standard InChI is InChI=1S/C57H36S3/c1-7-19-37(20-8-1)55(38-21-9-2-10-22-38)43-31-34-58-52(43)46-49(55)47-51(56(39-23-11-3-12-24-39,40-25-13-4-14-26-40)44-32-35-59-53(44)47)48-50(46)57(41-27-15-5-16-28-41,42-29-17-6-18-30-42)45-33-36-60-54(45)48/h1-36H. The van der Waals surface area contributed by atoms with E-state index in [0.29, 0.717) is 0 Å². The van der Waals surface area contributed by atoms with Gasteiger partial charge in [0.2, 0.25) is 0 Å². The minimum Gasteiger partial charge on any atom is -0.143 e. The van der Waals surface area contributed by atoms with Crippen molar-refractivity contribution in [2.45, 2.75) is 16.2 Å².